The Morgan fingerprint density at radius 2 is 1.95 bits per heavy atom. The molecule has 1 rings (SSSR count). The summed E-state index contributed by atoms with van der Waals surface area (Å²) in [5.74, 6) is 0.425. The maximum Gasteiger partial charge on any atom is 0.123 e. The van der Waals surface area contributed by atoms with Crippen molar-refractivity contribution in [2.45, 2.75) is 52.2 Å². The zero-order chi connectivity index (χ0) is 15.2. The molecule has 0 aromatic heterocycles. The van der Waals surface area contributed by atoms with Gasteiger partial charge in [-0.1, -0.05) is 6.92 Å². The molecule has 4 heteroatoms. The van der Waals surface area contributed by atoms with Crippen LogP contribution >= 0.6 is 0 Å². The molecule has 0 fully saturated rings. The van der Waals surface area contributed by atoms with Crippen molar-refractivity contribution in [1.82, 2.24) is 0 Å². The summed E-state index contributed by atoms with van der Waals surface area (Å²) in [6, 6.07) is 4.57. The Labute approximate surface area is 121 Å². The number of rotatable bonds is 7. The third-order valence-electron chi connectivity index (χ3n) is 2.90. The summed E-state index contributed by atoms with van der Waals surface area (Å²) in [5.41, 5.74) is 6.57. The summed E-state index contributed by atoms with van der Waals surface area (Å²) in [4.78, 5) is 0. The average Bonchev–Trinajstić information content (AvgIpc) is 2.35. The third kappa shape index (κ3) is 6.35. The number of hydrogen-bond donors (Lipinski definition) is 1. The molecule has 0 bridgehead atoms. The number of hydrogen-bond acceptors (Lipinski definition) is 3. The minimum absolute atomic E-state index is 0.0185. The lowest BCUT2D eigenvalue weighted by Gasteiger charge is -2.20. The van der Waals surface area contributed by atoms with Gasteiger partial charge in [-0.3, -0.25) is 0 Å². The molecule has 1 aromatic rings. The molecule has 0 aliphatic rings. The quantitative estimate of drug-likeness (QED) is 0.781. The van der Waals surface area contributed by atoms with Gasteiger partial charge in [-0.15, -0.1) is 0 Å². The molecule has 0 saturated carbocycles. The van der Waals surface area contributed by atoms with Gasteiger partial charge in [0.1, 0.15) is 18.2 Å². The van der Waals surface area contributed by atoms with Gasteiger partial charge in [0.25, 0.3) is 0 Å². The maximum atomic E-state index is 13.3. The normalized spacial score (nSPS) is 13.3. The molecule has 0 heterocycles. The summed E-state index contributed by atoms with van der Waals surface area (Å²) in [7, 11) is 0. The standard InChI is InChI=1S/C16H26FNO2/c1-5-14(18)11-12-10-13(17)6-7-15(12)19-8-9-20-16(2,3)4/h6-7,10,14H,5,8-9,11,18H2,1-4H3. The van der Waals surface area contributed by atoms with E-state index in [1.807, 2.05) is 27.7 Å². The van der Waals surface area contributed by atoms with E-state index in [-0.39, 0.29) is 17.5 Å². The Kier molecular flexibility index (Phi) is 6.43. The number of benzene rings is 1. The van der Waals surface area contributed by atoms with Gasteiger partial charge in [-0.25, -0.2) is 4.39 Å². The van der Waals surface area contributed by atoms with E-state index in [1.54, 1.807) is 6.07 Å². The van der Waals surface area contributed by atoms with Crippen LogP contribution in [0.4, 0.5) is 4.39 Å². The van der Waals surface area contributed by atoms with Crippen LogP contribution in [0.1, 0.15) is 39.7 Å². The summed E-state index contributed by atoms with van der Waals surface area (Å²) in [6.45, 7) is 8.95. The monoisotopic (exact) mass is 283 g/mol. The SMILES string of the molecule is CCC(N)Cc1cc(F)ccc1OCCOC(C)(C)C. The van der Waals surface area contributed by atoms with Gasteiger partial charge < -0.3 is 15.2 Å². The highest BCUT2D eigenvalue weighted by molar-refractivity contribution is 5.34. The van der Waals surface area contributed by atoms with Gasteiger partial charge in [0.2, 0.25) is 0 Å². The van der Waals surface area contributed by atoms with Crippen molar-refractivity contribution in [2.75, 3.05) is 13.2 Å². The van der Waals surface area contributed by atoms with E-state index in [4.69, 9.17) is 15.2 Å². The minimum atomic E-state index is -0.262. The van der Waals surface area contributed by atoms with Gasteiger partial charge in [0, 0.05) is 6.04 Å². The second-order valence-corrected chi connectivity index (χ2v) is 5.93. The van der Waals surface area contributed by atoms with Gasteiger partial charge in [0.15, 0.2) is 0 Å². The molecule has 0 amide bonds. The van der Waals surface area contributed by atoms with E-state index in [0.717, 1.165) is 12.0 Å². The van der Waals surface area contributed by atoms with Gasteiger partial charge >= 0.3 is 0 Å². The van der Waals surface area contributed by atoms with Gasteiger partial charge in [0.05, 0.1) is 12.2 Å². The Bertz CT molecular complexity index is 415. The average molecular weight is 283 g/mol. The van der Waals surface area contributed by atoms with Crippen molar-refractivity contribution in [3.63, 3.8) is 0 Å². The molecule has 3 nitrogen and oxygen atoms in total. The van der Waals surface area contributed by atoms with Crippen molar-refractivity contribution in [1.29, 1.82) is 0 Å². The molecule has 1 aromatic carbocycles. The van der Waals surface area contributed by atoms with Crippen LogP contribution in [-0.2, 0) is 11.2 Å². The van der Waals surface area contributed by atoms with Crippen LogP contribution in [0.15, 0.2) is 18.2 Å². The van der Waals surface area contributed by atoms with E-state index in [2.05, 4.69) is 0 Å². The van der Waals surface area contributed by atoms with E-state index >= 15 is 0 Å². The highest BCUT2D eigenvalue weighted by Gasteiger charge is 2.11. The second kappa shape index (κ2) is 7.60. The number of nitrogens with two attached hydrogens (primary N) is 1. The van der Waals surface area contributed by atoms with Crippen molar-refractivity contribution in [3.05, 3.63) is 29.6 Å². The molecule has 1 atom stereocenters. The largest absolute Gasteiger partial charge is 0.491 e. The summed E-state index contributed by atoms with van der Waals surface area (Å²) < 4.78 is 24.6. The fourth-order valence-electron chi connectivity index (χ4n) is 1.77. The lowest BCUT2D eigenvalue weighted by atomic mass is 10.0. The van der Waals surface area contributed by atoms with E-state index in [0.29, 0.717) is 25.4 Å². The van der Waals surface area contributed by atoms with Crippen molar-refractivity contribution < 1.29 is 13.9 Å². The molecule has 1 unspecified atom stereocenters. The van der Waals surface area contributed by atoms with Crippen molar-refractivity contribution in [3.8, 4) is 5.75 Å². The molecule has 114 valence electrons. The molecular weight excluding hydrogens is 257 g/mol. The van der Waals surface area contributed by atoms with Crippen molar-refractivity contribution in [2.24, 2.45) is 5.73 Å². The summed E-state index contributed by atoms with van der Waals surface area (Å²) in [6.07, 6.45) is 1.47. The van der Waals surface area contributed by atoms with Crippen molar-refractivity contribution >= 4 is 0 Å². The lowest BCUT2D eigenvalue weighted by molar-refractivity contribution is -0.0164. The Morgan fingerprint density at radius 3 is 2.55 bits per heavy atom. The first-order chi connectivity index (χ1) is 9.31. The molecule has 0 radical (unpaired) electrons. The van der Waals surface area contributed by atoms with E-state index < -0.39 is 0 Å². The van der Waals surface area contributed by atoms with Crippen LogP contribution in [0, 0.1) is 5.82 Å². The second-order valence-electron chi connectivity index (χ2n) is 5.93. The highest BCUT2D eigenvalue weighted by Crippen LogP contribution is 2.21. The number of halogens is 1. The smallest absolute Gasteiger partial charge is 0.123 e. The Morgan fingerprint density at radius 1 is 1.25 bits per heavy atom. The van der Waals surface area contributed by atoms with Gasteiger partial charge in [-0.05, 0) is 57.4 Å². The summed E-state index contributed by atoms with van der Waals surface area (Å²) in [5, 5.41) is 0. The molecular formula is C16H26FNO2. The number of ether oxygens (including phenoxy) is 2. The van der Waals surface area contributed by atoms with E-state index in [1.165, 1.54) is 12.1 Å². The van der Waals surface area contributed by atoms with Crippen LogP contribution in [0.5, 0.6) is 5.75 Å². The van der Waals surface area contributed by atoms with Crippen LogP contribution in [-0.4, -0.2) is 24.9 Å². The minimum Gasteiger partial charge on any atom is -0.491 e. The predicted octanol–water partition coefficient (Wildman–Crippen LogP) is 3.30. The van der Waals surface area contributed by atoms with Crippen LogP contribution in [0.2, 0.25) is 0 Å². The first-order valence-corrected chi connectivity index (χ1v) is 7.12. The third-order valence-corrected chi connectivity index (χ3v) is 2.90. The highest BCUT2D eigenvalue weighted by atomic mass is 19.1. The van der Waals surface area contributed by atoms with Crippen LogP contribution < -0.4 is 10.5 Å². The fraction of sp³-hybridized carbons (Fsp3) is 0.625. The molecule has 0 aliphatic carbocycles. The molecule has 2 N–H and O–H groups in total. The topological polar surface area (TPSA) is 44.5 Å². The Hall–Kier alpha value is -1.13. The predicted molar refractivity (Wildman–Crippen MR) is 79.6 cm³/mol. The van der Waals surface area contributed by atoms with Crippen LogP contribution in [0.25, 0.3) is 0 Å². The molecule has 0 aliphatic heterocycles. The molecule has 0 spiro atoms. The first kappa shape index (κ1) is 16.9. The zero-order valence-corrected chi connectivity index (χ0v) is 12.9. The lowest BCUT2D eigenvalue weighted by Crippen LogP contribution is -2.23. The first-order valence-electron chi connectivity index (χ1n) is 7.12. The molecule has 0 saturated heterocycles. The Balaban J connectivity index is 2.60. The maximum absolute atomic E-state index is 13.3. The zero-order valence-electron chi connectivity index (χ0n) is 12.9. The fourth-order valence-corrected chi connectivity index (χ4v) is 1.77. The molecule has 20 heavy (non-hydrogen) atoms. The van der Waals surface area contributed by atoms with Gasteiger partial charge in [-0.2, -0.15) is 0 Å². The summed E-state index contributed by atoms with van der Waals surface area (Å²) >= 11 is 0. The van der Waals surface area contributed by atoms with Crippen LogP contribution in [0.3, 0.4) is 0 Å². The van der Waals surface area contributed by atoms with E-state index in [9.17, 15) is 4.39 Å².